The number of esters is 1. The number of amides is 1. The van der Waals surface area contributed by atoms with Crippen LogP contribution in [-0.2, 0) is 9.53 Å². The van der Waals surface area contributed by atoms with Gasteiger partial charge in [-0.2, -0.15) is 0 Å². The third-order valence-electron chi connectivity index (χ3n) is 2.94. The van der Waals surface area contributed by atoms with Crippen LogP contribution in [0.15, 0.2) is 18.2 Å². The molecule has 1 saturated heterocycles. The van der Waals surface area contributed by atoms with Gasteiger partial charge in [0.05, 0.1) is 18.7 Å². The zero-order valence-corrected chi connectivity index (χ0v) is 11.7. The molecule has 102 valence electrons. The molecule has 0 aliphatic carbocycles. The summed E-state index contributed by atoms with van der Waals surface area (Å²) in [6.45, 7) is 1.85. The van der Waals surface area contributed by atoms with Gasteiger partial charge >= 0.3 is 5.97 Å². The highest BCUT2D eigenvalue weighted by atomic mass is 32.2. The van der Waals surface area contributed by atoms with Gasteiger partial charge in [0.1, 0.15) is 0 Å². The molecule has 1 aromatic rings. The molecule has 6 heteroatoms. The van der Waals surface area contributed by atoms with Gasteiger partial charge in [-0.05, 0) is 30.7 Å². The highest BCUT2D eigenvalue weighted by Gasteiger charge is 2.22. The molecule has 0 saturated carbocycles. The van der Waals surface area contributed by atoms with Gasteiger partial charge in [-0.25, -0.2) is 4.79 Å². The number of methoxy groups -OCH3 is 1. The highest BCUT2D eigenvalue weighted by molar-refractivity contribution is 7.99. The number of hydrogen-bond acceptors (Lipinski definition) is 5. The molecule has 1 fully saturated rings. The van der Waals surface area contributed by atoms with Gasteiger partial charge in [-0.15, -0.1) is 11.8 Å². The van der Waals surface area contributed by atoms with E-state index in [2.05, 4.69) is 15.4 Å². The Morgan fingerprint density at radius 2 is 2.26 bits per heavy atom. The molecular weight excluding hydrogens is 264 g/mol. The lowest BCUT2D eigenvalue weighted by Gasteiger charge is -2.13. The van der Waals surface area contributed by atoms with E-state index in [0.717, 1.165) is 22.9 Å². The number of nitrogens with one attached hydrogen (secondary N) is 2. The summed E-state index contributed by atoms with van der Waals surface area (Å²) in [5.74, 6) is 1.16. The van der Waals surface area contributed by atoms with Crippen LogP contribution in [0.25, 0.3) is 0 Å². The average Bonchev–Trinajstić information content (AvgIpc) is 2.94. The monoisotopic (exact) mass is 280 g/mol. The van der Waals surface area contributed by atoms with Crippen LogP contribution < -0.4 is 10.6 Å². The van der Waals surface area contributed by atoms with E-state index in [9.17, 15) is 9.59 Å². The van der Waals surface area contributed by atoms with Crippen molar-refractivity contribution in [1.29, 1.82) is 0 Å². The number of rotatable bonds is 3. The molecule has 2 rings (SSSR count). The largest absolute Gasteiger partial charge is 0.465 e. The molecule has 1 atom stereocenters. The molecule has 5 nitrogen and oxygen atoms in total. The first kappa shape index (κ1) is 13.9. The quantitative estimate of drug-likeness (QED) is 0.819. The van der Waals surface area contributed by atoms with E-state index < -0.39 is 0 Å². The summed E-state index contributed by atoms with van der Waals surface area (Å²) in [7, 11) is 1.34. The second-order valence-electron chi connectivity index (χ2n) is 4.28. The molecule has 0 aromatic heterocycles. The van der Waals surface area contributed by atoms with Crippen LogP contribution in [0.1, 0.15) is 15.9 Å². The van der Waals surface area contributed by atoms with Gasteiger partial charge in [-0.3, -0.25) is 10.1 Å². The molecule has 1 aliphatic heterocycles. The van der Waals surface area contributed by atoms with Crippen molar-refractivity contribution in [2.75, 3.05) is 24.1 Å². The van der Waals surface area contributed by atoms with Crippen LogP contribution in [0, 0.1) is 6.92 Å². The van der Waals surface area contributed by atoms with Gasteiger partial charge in [0.2, 0.25) is 5.91 Å². The van der Waals surface area contributed by atoms with E-state index in [1.54, 1.807) is 30.0 Å². The molecule has 1 aromatic carbocycles. The zero-order valence-electron chi connectivity index (χ0n) is 10.9. The van der Waals surface area contributed by atoms with Crippen molar-refractivity contribution in [2.45, 2.75) is 13.0 Å². The van der Waals surface area contributed by atoms with E-state index in [1.165, 1.54) is 7.11 Å². The number of ether oxygens (including phenoxy) is 1. The Morgan fingerprint density at radius 1 is 1.47 bits per heavy atom. The van der Waals surface area contributed by atoms with Gasteiger partial charge in [0.25, 0.3) is 0 Å². The SMILES string of the molecule is COC(=O)c1ccc(NC(=O)C2CSCN2)c(C)c1. The minimum Gasteiger partial charge on any atom is -0.465 e. The van der Waals surface area contributed by atoms with E-state index in [-0.39, 0.29) is 17.9 Å². The van der Waals surface area contributed by atoms with Crippen molar-refractivity contribution < 1.29 is 14.3 Å². The Balaban J connectivity index is 2.08. The molecule has 1 amide bonds. The van der Waals surface area contributed by atoms with E-state index in [0.29, 0.717) is 5.56 Å². The van der Waals surface area contributed by atoms with Crippen LogP contribution in [0.3, 0.4) is 0 Å². The van der Waals surface area contributed by atoms with Gasteiger partial charge in [-0.1, -0.05) is 0 Å². The lowest BCUT2D eigenvalue weighted by molar-refractivity contribution is -0.117. The van der Waals surface area contributed by atoms with Crippen molar-refractivity contribution in [1.82, 2.24) is 5.32 Å². The fourth-order valence-corrected chi connectivity index (χ4v) is 2.77. The number of hydrogen-bond donors (Lipinski definition) is 2. The van der Waals surface area contributed by atoms with Crippen LogP contribution >= 0.6 is 11.8 Å². The van der Waals surface area contributed by atoms with E-state index in [1.807, 2.05) is 6.92 Å². The maximum absolute atomic E-state index is 12.0. The summed E-state index contributed by atoms with van der Waals surface area (Å²) in [5.41, 5.74) is 2.03. The Bertz CT molecular complexity index is 499. The third-order valence-corrected chi connectivity index (χ3v) is 3.88. The number of carbonyl (C=O) groups excluding carboxylic acids is 2. The van der Waals surface area contributed by atoms with Gasteiger partial charge in [0.15, 0.2) is 0 Å². The first-order chi connectivity index (χ1) is 9.11. The Morgan fingerprint density at radius 3 is 2.84 bits per heavy atom. The summed E-state index contributed by atoms with van der Waals surface area (Å²) in [6, 6.07) is 4.93. The minimum atomic E-state index is -0.380. The third kappa shape index (κ3) is 3.27. The molecular formula is C13H16N2O3S. The van der Waals surface area contributed by atoms with Crippen molar-refractivity contribution in [2.24, 2.45) is 0 Å². The molecule has 1 unspecified atom stereocenters. The summed E-state index contributed by atoms with van der Waals surface area (Å²) >= 11 is 1.70. The van der Waals surface area contributed by atoms with Crippen LogP contribution in [0.2, 0.25) is 0 Å². The maximum Gasteiger partial charge on any atom is 0.337 e. The molecule has 0 bridgehead atoms. The Kier molecular flexibility index (Phi) is 4.44. The van der Waals surface area contributed by atoms with Crippen LogP contribution in [0.5, 0.6) is 0 Å². The lowest BCUT2D eigenvalue weighted by atomic mass is 10.1. The molecule has 19 heavy (non-hydrogen) atoms. The van der Waals surface area contributed by atoms with Gasteiger partial charge in [0, 0.05) is 17.3 Å². The fraction of sp³-hybridized carbons (Fsp3) is 0.385. The maximum atomic E-state index is 12.0. The number of carbonyl (C=O) groups is 2. The van der Waals surface area contributed by atoms with Crippen LogP contribution in [-0.4, -0.2) is 36.7 Å². The number of thioether (sulfide) groups is 1. The molecule has 0 spiro atoms. The molecule has 2 N–H and O–H groups in total. The summed E-state index contributed by atoms with van der Waals surface area (Å²) in [4.78, 5) is 23.3. The zero-order chi connectivity index (χ0) is 13.8. The molecule has 1 heterocycles. The highest BCUT2D eigenvalue weighted by Crippen LogP contribution is 2.18. The van der Waals surface area contributed by atoms with Crippen LogP contribution in [0.4, 0.5) is 5.69 Å². The molecule has 1 aliphatic rings. The van der Waals surface area contributed by atoms with Crippen molar-refractivity contribution in [3.63, 3.8) is 0 Å². The lowest BCUT2D eigenvalue weighted by Crippen LogP contribution is -2.37. The Labute approximate surface area is 116 Å². The number of anilines is 1. The number of aryl methyl sites for hydroxylation is 1. The predicted octanol–water partition coefficient (Wildman–Crippen LogP) is 1.38. The molecule has 0 radical (unpaired) electrons. The topological polar surface area (TPSA) is 67.4 Å². The van der Waals surface area contributed by atoms with E-state index in [4.69, 9.17) is 0 Å². The first-order valence-electron chi connectivity index (χ1n) is 5.93. The number of benzene rings is 1. The summed E-state index contributed by atoms with van der Waals surface area (Å²) < 4.78 is 4.65. The van der Waals surface area contributed by atoms with Crippen molar-refractivity contribution in [3.05, 3.63) is 29.3 Å². The smallest absolute Gasteiger partial charge is 0.337 e. The average molecular weight is 280 g/mol. The predicted molar refractivity (Wildman–Crippen MR) is 75.4 cm³/mol. The first-order valence-corrected chi connectivity index (χ1v) is 7.08. The summed E-state index contributed by atoms with van der Waals surface area (Å²) in [6.07, 6.45) is 0. The summed E-state index contributed by atoms with van der Waals surface area (Å²) in [5, 5.41) is 5.98. The van der Waals surface area contributed by atoms with Gasteiger partial charge < -0.3 is 10.1 Å². The second kappa shape index (κ2) is 6.08. The van der Waals surface area contributed by atoms with Crippen molar-refractivity contribution in [3.8, 4) is 0 Å². The van der Waals surface area contributed by atoms with E-state index >= 15 is 0 Å². The van der Waals surface area contributed by atoms with Crippen molar-refractivity contribution >= 4 is 29.3 Å². The normalized spacial score (nSPS) is 18.1. The standard InChI is InChI=1S/C13H16N2O3S/c1-8-5-9(13(17)18-2)3-4-10(8)15-12(16)11-6-19-7-14-11/h3-5,11,14H,6-7H2,1-2H3,(H,15,16). The second-order valence-corrected chi connectivity index (χ2v) is 5.31. The Hall–Kier alpha value is -1.53. The minimum absolute atomic E-state index is 0.0427. The fourth-order valence-electron chi connectivity index (χ4n) is 1.83.